The lowest BCUT2D eigenvalue weighted by Gasteiger charge is -2.17. The molecule has 1 N–H and O–H groups in total. The van der Waals surface area contributed by atoms with Crippen molar-refractivity contribution in [2.45, 2.75) is 6.42 Å². The first-order valence-corrected chi connectivity index (χ1v) is 10.0. The fourth-order valence-corrected chi connectivity index (χ4v) is 3.24. The van der Waals surface area contributed by atoms with Crippen molar-refractivity contribution < 1.29 is 0 Å². The van der Waals surface area contributed by atoms with Crippen LogP contribution in [0.4, 0.5) is 17.7 Å². The van der Waals surface area contributed by atoms with Crippen molar-refractivity contribution in [2.24, 2.45) is 0 Å². The normalized spacial score (nSPS) is 10.6. The minimum Gasteiger partial charge on any atom is -0.354 e. The summed E-state index contributed by atoms with van der Waals surface area (Å²) in [5, 5.41) is 4.02. The number of hydrogen-bond donors (Lipinski definition) is 1. The number of benzene rings is 2. The summed E-state index contributed by atoms with van der Waals surface area (Å²) in [6.07, 6.45) is 4.26. The van der Waals surface area contributed by atoms with E-state index in [0.717, 1.165) is 28.3 Å². The van der Waals surface area contributed by atoms with E-state index >= 15 is 0 Å². The van der Waals surface area contributed by atoms with E-state index in [1.807, 2.05) is 78.7 Å². The molecule has 150 valence electrons. The molecule has 0 bridgehead atoms. The fourth-order valence-electron chi connectivity index (χ4n) is 3.01. The molecule has 2 aromatic carbocycles. The van der Waals surface area contributed by atoms with Crippen LogP contribution in [0.25, 0.3) is 11.3 Å². The van der Waals surface area contributed by atoms with E-state index in [9.17, 15) is 0 Å². The number of nitrogens with one attached hydrogen (secondary N) is 1. The Morgan fingerprint density at radius 2 is 1.63 bits per heavy atom. The summed E-state index contributed by atoms with van der Waals surface area (Å²) in [4.78, 5) is 19.8. The van der Waals surface area contributed by atoms with Gasteiger partial charge in [0, 0.05) is 36.6 Å². The van der Waals surface area contributed by atoms with E-state index in [1.54, 1.807) is 12.4 Å². The second-order valence-corrected chi connectivity index (χ2v) is 7.08. The molecule has 4 aromatic rings. The molecule has 0 aliphatic rings. The number of aromatic nitrogens is 4. The molecule has 0 atom stereocenters. The highest BCUT2D eigenvalue weighted by molar-refractivity contribution is 6.31. The molecule has 0 radical (unpaired) electrons. The lowest BCUT2D eigenvalue weighted by Crippen LogP contribution is -2.16. The molecule has 7 heteroatoms. The van der Waals surface area contributed by atoms with Gasteiger partial charge in [0.1, 0.15) is 5.82 Å². The van der Waals surface area contributed by atoms with Gasteiger partial charge in [-0.15, -0.1) is 0 Å². The van der Waals surface area contributed by atoms with Gasteiger partial charge in [0.15, 0.2) is 0 Å². The Hall–Kier alpha value is -3.51. The van der Waals surface area contributed by atoms with Gasteiger partial charge in [0.05, 0.1) is 5.69 Å². The zero-order chi connectivity index (χ0) is 20.8. The summed E-state index contributed by atoms with van der Waals surface area (Å²) in [6.45, 7) is 0.677. The summed E-state index contributed by atoms with van der Waals surface area (Å²) < 4.78 is 0. The summed E-state index contributed by atoms with van der Waals surface area (Å²) in [7, 11) is 1.89. The number of rotatable bonds is 7. The summed E-state index contributed by atoms with van der Waals surface area (Å²) >= 11 is 6.22. The van der Waals surface area contributed by atoms with Gasteiger partial charge in [0.2, 0.25) is 11.9 Å². The van der Waals surface area contributed by atoms with Crippen LogP contribution >= 0.6 is 11.6 Å². The van der Waals surface area contributed by atoms with E-state index in [4.69, 9.17) is 11.6 Å². The molecule has 0 fully saturated rings. The van der Waals surface area contributed by atoms with Gasteiger partial charge in [-0.3, -0.25) is 4.90 Å². The van der Waals surface area contributed by atoms with Crippen LogP contribution in [0.3, 0.4) is 0 Å². The average Bonchev–Trinajstić information content (AvgIpc) is 2.81. The Morgan fingerprint density at radius 3 is 2.47 bits per heavy atom. The van der Waals surface area contributed by atoms with Crippen molar-refractivity contribution in [1.82, 2.24) is 19.9 Å². The third kappa shape index (κ3) is 4.72. The standard InChI is InChI=1S/C23H21ClN6/c1-30(23-27-15-12-20(28-23)18-8-3-2-4-9-18)21-13-16-26-22(29-21)25-14-11-17-7-5-6-10-19(17)24/h2-10,12-13,15-16H,11,14H2,1H3,(H,25,26,29). The summed E-state index contributed by atoms with van der Waals surface area (Å²) in [5.41, 5.74) is 2.99. The number of anilines is 3. The second kappa shape index (κ2) is 9.33. The smallest absolute Gasteiger partial charge is 0.231 e. The van der Waals surface area contributed by atoms with Gasteiger partial charge in [-0.2, -0.15) is 4.98 Å². The van der Waals surface area contributed by atoms with E-state index in [2.05, 4.69) is 25.3 Å². The highest BCUT2D eigenvalue weighted by atomic mass is 35.5. The third-order valence-electron chi connectivity index (χ3n) is 4.63. The molecule has 2 aromatic heterocycles. The van der Waals surface area contributed by atoms with Crippen LogP contribution in [0.15, 0.2) is 79.1 Å². The molecule has 30 heavy (non-hydrogen) atoms. The second-order valence-electron chi connectivity index (χ2n) is 6.67. The van der Waals surface area contributed by atoms with Crippen LogP contribution in [-0.4, -0.2) is 33.5 Å². The summed E-state index contributed by atoms with van der Waals surface area (Å²) in [6, 6.07) is 21.6. The van der Waals surface area contributed by atoms with Crippen LogP contribution < -0.4 is 10.2 Å². The Bertz CT molecular complexity index is 1120. The third-order valence-corrected chi connectivity index (χ3v) is 5.00. The molecule has 6 nitrogen and oxygen atoms in total. The highest BCUT2D eigenvalue weighted by Crippen LogP contribution is 2.22. The van der Waals surface area contributed by atoms with Crippen LogP contribution in [0, 0.1) is 0 Å². The molecule has 2 heterocycles. The molecule has 0 spiro atoms. The quantitative estimate of drug-likeness (QED) is 0.456. The molecular formula is C23H21ClN6. The number of hydrogen-bond acceptors (Lipinski definition) is 6. The lowest BCUT2D eigenvalue weighted by atomic mass is 10.1. The first kappa shape index (κ1) is 19.8. The molecule has 0 unspecified atom stereocenters. The first-order valence-electron chi connectivity index (χ1n) is 9.63. The van der Waals surface area contributed by atoms with Crippen LogP contribution in [0.1, 0.15) is 5.56 Å². The predicted octanol–water partition coefficient (Wildman–Crippen LogP) is 5.01. The maximum absolute atomic E-state index is 6.22. The van der Waals surface area contributed by atoms with E-state index in [0.29, 0.717) is 24.3 Å². The van der Waals surface area contributed by atoms with Crippen molar-refractivity contribution in [3.8, 4) is 11.3 Å². The van der Waals surface area contributed by atoms with Gasteiger partial charge < -0.3 is 5.32 Å². The zero-order valence-electron chi connectivity index (χ0n) is 16.5. The first-order chi connectivity index (χ1) is 14.7. The Balaban J connectivity index is 1.46. The Morgan fingerprint density at radius 1 is 0.867 bits per heavy atom. The summed E-state index contributed by atoms with van der Waals surface area (Å²) in [5.74, 6) is 1.82. The van der Waals surface area contributed by atoms with Gasteiger partial charge in [-0.25, -0.2) is 15.0 Å². The predicted molar refractivity (Wildman–Crippen MR) is 121 cm³/mol. The lowest BCUT2D eigenvalue weighted by molar-refractivity contribution is 0.964. The van der Waals surface area contributed by atoms with Crippen LogP contribution in [0.5, 0.6) is 0 Å². The van der Waals surface area contributed by atoms with Crippen molar-refractivity contribution in [3.63, 3.8) is 0 Å². The Labute approximate surface area is 180 Å². The topological polar surface area (TPSA) is 66.8 Å². The SMILES string of the molecule is CN(c1ccnc(NCCc2ccccc2Cl)n1)c1nccc(-c2ccccc2)n1. The molecule has 0 amide bonds. The van der Waals surface area contributed by atoms with Gasteiger partial charge in [-0.1, -0.05) is 60.1 Å². The molecule has 0 saturated heterocycles. The van der Waals surface area contributed by atoms with Crippen molar-refractivity contribution >= 4 is 29.3 Å². The molecule has 0 saturated carbocycles. The average molecular weight is 417 g/mol. The highest BCUT2D eigenvalue weighted by Gasteiger charge is 2.11. The van der Waals surface area contributed by atoms with Gasteiger partial charge in [-0.05, 0) is 30.2 Å². The van der Waals surface area contributed by atoms with Crippen LogP contribution in [-0.2, 0) is 6.42 Å². The van der Waals surface area contributed by atoms with Gasteiger partial charge in [0.25, 0.3) is 0 Å². The monoisotopic (exact) mass is 416 g/mol. The molecule has 0 aliphatic carbocycles. The maximum atomic E-state index is 6.22. The van der Waals surface area contributed by atoms with E-state index < -0.39 is 0 Å². The van der Waals surface area contributed by atoms with Crippen molar-refractivity contribution in [1.29, 1.82) is 0 Å². The van der Waals surface area contributed by atoms with E-state index in [-0.39, 0.29) is 0 Å². The van der Waals surface area contributed by atoms with Crippen molar-refractivity contribution in [3.05, 3.63) is 89.7 Å². The van der Waals surface area contributed by atoms with E-state index in [1.165, 1.54) is 0 Å². The maximum Gasteiger partial charge on any atom is 0.231 e. The fraction of sp³-hybridized carbons (Fsp3) is 0.130. The molecular weight excluding hydrogens is 396 g/mol. The van der Waals surface area contributed by atoms with Crippen LogP contribution in [0.2, 0.25) is 5.02 Å². The largest absolute Gasteiger partial charge is 0.354 e. The van der Waals surface area contributed by atoms with Gasteiger partial charge >= 0.3 is 0 Å². The number of halogens is 1. The zero-order valence-corrected chi connectivity index (χ0v) is 17.3. The number of nitrogens with zero attached hydrogens (tertiary/aromatic N) is 5. The van der Waals surface area contributed by atoms with Crippen molar-refractivity contribution in [2.75, 3.05) is 23.8 Å². The Kier molecular flexibility index (Phi) is 6.15. The minimum atomic E-state index is 0.547. The molecule has 4 rings (SSSR count). The molecule has 0 aliphatic heterocycles. The minimum absolute atomic E-state index is 0.547.